The molecule has 1 aromatic heterocycles. The summed E-state index contributed by atoms with van der Waals surface area (Å²) in [6.45, 7) is 0.815. The van der Waals surface area contributed by atoms with Gasteiger partial charge in [0.25, 0.3) is 5.91 Å². The van der Waals surface area contributed by atoms with E-state index < -0.39 is 0 Å². The van der Waals surface area contributed by atoms with Gasteiger partial charge in [0.1, 0.15) is 5.01 Å². The van der Waals surface area contributed by atoms with Gasteiger partial charge in [0, 0.05) is 43.5 Å². The zero-order valence-corrected chi connectivity index (χ0v) is 13.8. The summed E-state index contributed by atoms with van der Waals surface area (Å²) in [6.07, 6.45) is 5.06. The second-order valence-electron chi connectivity index (χ2n) is 5.83. The summed E-state index contributed by atoms with van der Waals surface area (Å²) in [4.78, 5) is 21.4. The largest absolute Gasteiger partial charge is 0.378 e. The average Bonchev–Trinajstić information content (AvgIpc) is 3.08. The van der Waals surface area contributed by atoms with Gasteiger partial charge in [-0.1, -0.05) is 6.07 Å². The standard InChI is InChI=1S/C17H21N3OS/c1-19(2)14-7-5-6-13(12-14)17(21)20-10-4-3-8-15(20)16-18-9-11-22-16/h5-7,9,11-12,15H,3-4,8,10H2,1-2H3. The summed E-state index contributed by atoms with van der Waals surface area (Å²) in [5.41, 5.74) is 1.81. The molecule has 1 aliphatic heterocycles. The van der Waals surface area contributed by atoms with Gasteiger partial charge in [-0.25, -0.2) is 4.98 Å². The zero-order chi connectivity index (χ0) is 15.5. The summed E-state index contributed by atoms with van der Waals surface area (Å²) in [5, 5.41) is 3.04. The number of anilines is 1. The molecule has 1 fully saturated rings. The van der Waals surface area contributed by atoms with Crippen LogP contribution < -0.4 is 4.90 Å². The first kappa shape index (κ1) is 15.0. The van der Waals surface area contributed by atoms with Gasteiger partial charge in [0.15, 0.2) is 0 Å². The Kier molecular flexibility index (Phi) is 4.43. The molecule has 116 valence electrons. The highest BCUT2D eigenvalue weighted by molar-refractivity contribution is 7.09. The topological polar surface area (TPSA) is 36.4 Å². The number of rotatable bonds is 3. The third-order valence-corrected chi connectivity index (χ3v) is 4.99. The van der Waals surface area contributed by atoms with Gasteiger partial charge in [-0.15, -0.1) is 11.3 Å². The van der Waals surface area contributed by atoms with Crippen molar-refractivity contribution in [2.75, 3.05) is 25.5 Å². The maximum atomic E-state index is 13.0. The van der Waals surface area contributed by atoms with Gasteiger partial charge in [0.05, 0.1) is 6.04 Å². The van der Waals surface area contributed by atoms with E-state index in [0.29, 0.717) is 0 Å². The van der Waals surface area contributed by atoms with Crippen molar-refractivity contribution in [1.82, 2.24) is 9.88 Å². The van der Waals surface area contributed by atoms with Crippen LogP contribution in [0.3, 0.4) is 0 Å². The number of benzene rings is 1. The summed E-state index contributed by atoms with van der Waals surface area (Å²) in [6, 6.07) is 7.97. The van der Waals surface area contributed by atoms with Crippen LogP contribution in [0.2, 0.25) is 0 Å². The molecule has 1 aliphatic rings. The summed E-state index contributed by atoms with van der Waals surface area (Å²) < 4.78 is 0. The lowest BCUT2D eigenvalue weighted by molar-refractivity contribution is 0.0611. The average molecular weight is 315 g/mol. The van der Waals surface area contributed by atoms with Gasteiger partial charge in [-0.2, -0.15) is 0 Å². The molecule has 1 saturated heterocycles. The van der Waals surface area contributed by atoms with E-state index in [-0.39, 0.29) is 11.9 Å². The lowest BCUT2D eigenvalue weighted by Gasteiger charge is -2.34. The van der Waals surface area contributed by atoms with Crippen LogP contribution >= 0.6 is 11.3 Å². The molecule has 0 spiro atoms. The normalized spacial score (nSPS) is 18.3. The van der Waals surface area contributed by atoms with Crippen LogP contribution in [0.25, 0.3) is 0 Å². The van der Waals surface area contributed by atoms with Gasteiger partial charge in [-0.3, -0.25) is 4.79 Å². The molecule has 5 heteroatoms. The molecule has 1 aromatic carbocycles. The molecule has 2 aromatic rings. The number of carbonyl (C=O) groups excluding carboxylic acids is 1. The SMILES string of the molecule is CN(C)c1cccc(C(=O)N2CCCCC2c2nccs2)c1. The third kappa shape index (κ3) is 2.99. The van der Waals surface area contributed by atoms with Gasteiger partial charge in [0.2, 0.25) is 0 Å². The molecular formula is C17H21N3OS. The summed E-state index contributed by atoms with van der Waals surface area (Å²) >= 11 is 1.64. The predicted octanol–water partition coefficient (Wildman–Crippen LogP) is 3.58. The lowest BCUT2D eigenvalue weighted by atomic mass is 10.0. The number of amides is 1. The molecule has 0 bridgehead atoms. The molecule has 22 heavy (non-hydrogen) atoms. The van der Waals surface area contributed by atoms with E-state index in [1.807, 2.05) is 59.7 Å². The van der Waals surface area contributed by atoms with Gasteiger partial charge in [-0.05, 0) is 37.5 Å². The van der Waals surface area contributed by atoms with Gasteiger partial charge < -0.3 is 9.80 Å². The highest BCUT2D eigenvalue weighted by atomic mass is 32.1. The minimum absolute atomic E-state index is 0.114. The monoisotopic (exact) mass is 315 g/mol. The lowest BCUT2D eigenvalue weighted by Crippen LogP contribution is -2.38. The number of hydrogen-bond acceptors (Lipinski definition) is 4. The van der Waals surface area contributed by atoms with Crippen molar-refractivity contribution in [1.29, 1.82) is 0 Å². The Morgan fingerprint density at radius 1 is 1.36 bits per heavy atom. The molecule has 0 radical (unpaired) electrons. The first-order valence-electron chi connectivity index (χ1n) is 7.64. The van der Waals surface area contributed by atoms with Crippen molar-refractivity contribution >= 4 is 22.9 Å². The van der Waals surface area contributed by atoms with Crippen molar-refractivity contribution in [2.24, 2.45) is 0 Å². The number of aromatic nitrogens is 1. The Hall–Kier alpha value is -1.88. The fourth-order valence-electron chi connectivity index (χ4n) is 2.91. The van der Waals surface area contributed by atoms with Crippen molar-refractivity contribution in [3.05, 3.63) is 46.4 Å². The number of likely N-dealkylation sites (tertiary alicyclic amines) is 1. The van der Waals surface area contributed by atoms with E-state index >= 15 is 0 Å². The molecule has 4 nitrogen and oxygen atoms in total. The molecule has 2 heterocycles. The van der Waals surface area contributed by atoms with Crippen molar-refractivity contribution in [3.8, 4) is 0 Å². The smallest absolute Gasteiger partial charge is 0.254 e. The zero-order valence-electron chi connectivity index (χ0n) is 13.0. The molecular weight excluding hydrogens is 294 g/mol. The van der Waals surface area contributed by atoms with Gasteiger partial charge >= 0.3 is 0 Å². The van der Waals surface area contributed by atoms with Crippen LogP contribution in [-0.4, -0.2) is 36.4 Å². The third-order valence-electron chi connectivity index (χ3n) is 4.11. The highest BCUT2D eigenvalue weighted by Crippen LogP contribution is 2.33. The number of piperidine rings is 1. The van der Waals surface area contributed by atoms with Crippen LogP contribution in [0.15, 0.2) is 35.8 Å². The molecule has 3 rings (SSSR count). The molecule has 0 N–H and O–H groups in total. The second-order valence-corrected chi connectivity index (χ2v) is 6.75. The van der Waals surface area contributed by atoms with Crippen LogP contribution in [0.5, 0.6) is 0 Å². The Labute approximate surface area is 135 Å². The van der Waals surface area contributed by atoms with Crippen molar-refractivity contribution in [3.63, 3.8) is 0 Å². The van der Waals surface area contributed by atoms with Crippen LogP contribution in [0.4, 0.5) is 5.69 Å². The molecule has 1 amide bonds. The number of thiazole rings is 1. The molecule has 0 aliphatic carbocycles. The maximum absolute atomic E-state index is 13.0. The number of hydrogen-bond donors (Lipinski definition) is 0. The fraction of sp³-hybridized carbons (Fsp3) is 0.412. The molecule has 1 atom stereocenters. The van der Waals surface area contributed by atoms with E-state index in [1.165, 1.54) is 0 Å². The minimum Gasteiger partial charge on any atom is -0.378 e. The molecule has 0 saturated carbocycles. The summed E-state index contributed by atoms with van der Waals surface area (Å²) in [5.74, 6) is 0.114. The maximum Gasteiger partial charge on any atom is 0.254 e. The second kappa shape index (κ2) is 6.48. The van der Waals surface area contributed by atoms with Crippen molar-refractivity contribution < 1.29 is 4.79 Å². The van der Waals surface area contributed by atoms with Crippen molar-refractivity contribution in [2.45, 2.75) is 25.3 Å². The first-order valence-corrected chi connectivity index (χ1v) is 8.52. The highest BCUT2D eigenvalue weighted by Gasteiger charge is 2.30. The number of nitrogens with zero attached hydrogens (tertiary/aromatic N) is 3. The van der Waals surface area contributed by atoms with E-state index in [4.69, 9.17) is 0 Å². The van der Waals surface area contributed by atoms with Crippen LogP contribution in [0.1, 0.15) is 40.7 Å². The molecule has 1 unspecified atom stereocenters. The van der Waals surface area contributed by atoms with E-state index in [1.54, 1.807) is 11.3 Å². The predicted molar refractivity (Wildman–Crippen MR) is 90.5 cm³/mol. The Balaban J connectivity index is 1.87. The number of carbonyl (C=O) groups is 1. The minimum atomic E-state index is 0.114. The van der Waals surface area contributed by atoms with E-state index in [9.17, 15) is 4.79 Å². The van der Waals surface area contributed by atoms with Crippen LogP contribution in [-0.2, 0) is 0 Å². The first-order chi connectivity index (χ1) is 10.7. The Morgan fingerprint density at radius 2 is 2.23 bits per heavy atom. The summed E-state index contributed by atoms with van der Waals surface area (Å²) in [7, 11) is 3.98. The van der Waals surface area contributed by atoms with E-state index in [0.717, 1.165) is 42.1 Å². The Morgan fingerprint density at radius 3 is 2.95 bits per heavy atom. The van der Waals surface area contributed by atoms with E-state index in [2.05, 4.69) is 4.98 Å². The quantitative estimate of drug-likeness (QED) is 0.868. The fourth-order valence-corrected chi connectivity index (χ4v) is 3.70. The van der Waals surface area contributed by atoms with Crippen LogP contribution in [0, 0.1) is 0 Å². The Bertz CT molecular complexity index is 639.